The Hall–Kier alpha value is -2.36. The maximum Gasteiger partial charge on any atom is 0.407 e. The molecule has 224 valence electrons. The highest BCUT2D eigenvalue weighted by atomic mass is 16.6. The number of aliphatic carboxylic acids is 1. The average Bonchev–Trinajstić information content (AvgIpc) is 2.94. The highest BCUT2D eigenvalue weighted by Gasteiger charge is 2.02. The molecule has 0 unspecified atom stereocenters. The number of hydrogen-bond acceptors (Lipinski definition) is 11. The fourth-order valence-electron chi connectivity index (χ4n) is 2.70. The van der Waals surface area contributed by atoms with Crippen molar-refractivity contribution >= 4 is 12.1 Å². The zero-order chi connectivity index (χ0) is 28.1. The molecule has 1 amide bonds. The molecule has 1 aromatic rings. The number of hydrogen-bond donors (Lipinski definition) is 2. The fraction of sp³-hybridized carbons (Fsp3) is 0.692. The maximum atomic E-state index is 11.6. The van der Waals surface area contributed by atoms with Gasteiger partial charge in [-0.3, -0.25) is 0 Å². The summed E-state index contributed by atoms with van der Waals surface area (Å²) in [7, 11) is 0. The monoisotopic (exact) mass is 561 g/mol. The van der Waals surface area contributed by atoms with Crippen LogP contribution in [0.15, 0.2) is 30.3 Å². The molecule has 0 saturated heterocycles. The van der Waals surface area contributed by atoms with Crippen molar-refractivity contribution in [1.29, 1.82) is 0 Å². The molecular formula is C26H43NO12. The highest BCUT2D eigenvalue weighted by molar-refractivity contribution is 5.68. The second-order valence-electron chi connectivity index (χ2n) is 7.72. The smallest absolute Gasteiger partial charge is 0.407 e. The van der Waals surface area contributed by atoms with E-state index in [1.165, 1.54) is 0 Å². The Morgan fingerprint density at radius 2 is 0.949 bits per heavy atom. The summed E-state index contributed by atoms with van der Waals surface area (Å²) in [4.78, 5) is 21.8. The van der Waals surface area contributed by atoms with Crippen molar-refractivity contribution in [3.63, 3.8) is 0 Å². The Balaban J connectivity index is 1.67. The van der Waals surface area contributed by atoms with Gasteiger partial charge in [0, 0.05) is 6.54 Å². The Morgan fingerprint density at radius 3 is 1.36 bits per heavy atom. The second kappa shape index (κ2) is 27.2. The van der Waals surface area contributed by atoms with E-state index in [0.717, 1.165) is 5.56 Å². The summed E-state index contributed by atoms with van der Waals surface area (Å²) in [6.07, 6.45) is -0.475. The second-order valence-corrected chi connectivity index (χ2v) is 7.72. The molecule has 13 heteroatoms. The Morgan fingerprint density at radius 1 is 0.564 bits per heavy atom. The largest absolute Gasteiger partial charge is 0.480 e. The third-order valence-corrected chi connectivity index (χ3v) is 4.56. The fourth-order valence-corrected chi connectivity index (χ4v) is 2.70. The van der Waals surface area contributed by atoms with Gasteiger partial charge in [0.15, 0.2) is 0 Å². The number of amides is 1. The molecule has 0 heterocycles. The molecule has 0 spiro atoms. The predicted molar refractivity (Wildman–Crippen MR) is 139 cm³/mol. The van der Waals surface area contributed by atoms with Crippen LogP contribution in [0.1, 0.15) is 5.56 Å². The van der Waals surface area contributed by atoms with Gasteiger partial charge in [0.05, 0.1) is 99.1 Å². The molecular weight excluding hydrogens is 518 g/mol. The zero-order valence-corrected chi connectivity index (χ0v) is 22.6. The van der Waals surface area contributed by atoms with E-state index >= 15 is 0 Å². The van der Waals surface area contributed by atoms with E-state index in [1.807, 2.05) is 30.3 Å². The van der Waals surface area contributed by atoms with Crippen LogP contribution in [-0.2, 0) is 54.0 Å². The van der Waals surface area contributed by atoms with E-state index in [1.54, 1.807) is 0 Å². The van der Waals surface area contributed by atoms with Gasteiger partial charge in [-0.1, -0.05) is 30.3 Å². The lowest BCUT2D eigenvalue weighted by Crippen LogP contribution is -2.28. The molecule has 2 N–H and O–H groups in total. The van der Waals surface area contributed by atoms with Crippen LogP contribution < -0.4 is 5.32 Å². The molecule has 0 fully saturated rings. The van der Waals surface area contributed by atoms with E-state index < -0.39 is 12.1 Å². The van der Waals surface area contributed by atoms with Gasteiger partial charge in [0.2, 0.25) is 0 Å². The van der Waals surface area contributed by atoms with Crippen molar-refractivity contribution in [3.05, 3.63) is 35.9 Å². The summed E-state index contributed by atoms with van der Waals surface area (Å²) < 4.78 is 47.6. The van der Waals surface area contributed by atoms with Crippen molar-refractivity contribution in [1.82, 2.24) is 5.32 Å². The first kappa shape index (κ1) is 34.7. The minimum absolute atomic E-state index is 0.233. The molecule has 0 aliphatic rings. The van der Waals surface area contributed by atoms with E-state index in [9.17, 15) is 9.59 Å². The van der Waals surface area contributed by atoms with E-state index in [4.69, 9.17) is 47.7 Å². The minimum atomic E-state index is -0.999. The number of carbonyl (C=O) groups excluding carboxylic acids is 1. The number of nitrogens with one attached hydrogen (secondary N) is 1. The lowest BCUT2D eigenvalue weighted by molar-refractivity contribution is -0.142. The SMILES string of the molecule is O=C(O)COCCOCCOCCOCCOCCOCCOCCOCCNC(=O)OCc1ccccc1. The van der Waals surface area contributed by atoms with Crippen molar-refractivity contribution in [2.75, 3.05) is 112 Å². The summed E-state index contributed by atoms with van der Waals surface area (Å²) in [6.45, 7) is 6.62. The van der Waals surface area contributed by atoms with Gasteiger partial charge in [-0.15, -0.1) is 0 Å². The topological polar surface area (TPSA) is 149 Å². The zero-order valence-electron chi connectivity index (χ0n) is 22.6. The standard InChI is InChI=1S/C26H43NO12/c28-25(29)23-38-21-20-37-19-18-36-17-16-35-15-14-34-13-12-33-11-10-32-9-8-31-7-6-27-26(30)39-22-24-4-2-1-3-5-24/h1-5H,6-23H2,(H,27,30)(H,28,29). The van der Waals surface area contributed by atoms with Crippen LogP contribution in [0, 0.1) is 0 Å². The molecule has 0 aromatic heterocycles. The van der Waals surface area contributed by atoms with Gasteiger partial charge in [0.1, 0.15) is 13.2 Å². The third-order valence-electron chi connectivity index (χ3n) is 4.56. The van der Waals surface area contributed by atoms with Crippen LogP contribution in [-0.4, -0.2) is 129 Å². The highest BCUT2D eigenvalue weighted by Crippen LogP contribution is 2.00. The number of ether oxygens (including phenoxy) is 9. The summed E-state index contributed by atoms with van der Waals surface area (Å²) >= 11 is 0. The van der Waals surface area contributed by atoms with Crippen LogP contribution in [0.2, 0.25) is 0 Å². The van der Waals surface area contributed by atoms with Crippen LogP contribution in [0.5, 0.6) is 0 Å². The Labute approximate surface area is 229 Å². The molecule has 0 atom stereocenters. The van der Waals surface area contributed by atoms with Gasteiger partial charge in [-0.2, -0.15) is 0 Å². The first-order chi connectivity index (χ1) is 19.2. The predicted octanol–water partition coefficient (Wildman–Crippen LogP) is 1.13. The Kier molecular flexibility index (Phi) is 24.2. The van der Waals surface area contributed by atoms with Crippen LogP contribution in [0.3, 0.4) is 0 Å². The first-order valence-electron chi connectivity index (χ1n) is 13.0. The lowest BCUT2D eigenvalue weighted by atomic mass is 10.2. The number of carboxylic acid groups (broad SMARTS) is 1. The minimum Gasteiger partial charge on any atom is -0.480 e. The maximum absolute atomic E-state index is 11.6. The summed E-state index contributed by atoms with van der Waals surface area (Å²) in [5.74, 6) is -0.999. The Bertz CT molecular complexity index is 695. The average molecular weight is 562 g/mol. The number of rotatable bonds is 28. The molecule has 0 bridgehead atoms. The van der Waals surface area contributed by atoms with Gasteiger partial charge in [-0.05, 0) is 5.56 Å². The number of carbonyl (C=O) groups is 2. The summed E-state index contributed by atoms with van der Waals surface area (Å²) in [6, 6.07) is 9.47. The van der Waals surface area contributed by atoms with Crippen LogP contribution >= 0.6 is 0 Å². The molecule has 39 heavy (non-hydrogen) atoms. The van der Waals surface area contributed by atoms with Crippen molar-refractivity contribution in [3.8, 4) is 0 Å². The molecule has 0 aliphatic heterocycles. The molecule has 0 saturated carbocycles. The first-order valence-corrected chi connectivity index (χ1v) is 13.0. The van der Waals surface area contributed by atoms with Crippen LogP contribution in [0.25, 0.3) is 0 Å². The third kappa shape index (κ3) is 25.7. The quantitative estimate of drug-likeness (QED) is 0.141. The van der Waals surface area contributed by atoms with Crippen molar-refractivity contribution < 1.29 is 57.3 Å². The van der Waals surface area contributed by atoms with Gasteiger partial charge >= 0.3 is 12.1 Å². The van der Waals surface area contributed by atoms with Gasteiger partial charge in [-0.25, -0.2) is 9.59 Å². The molecule has 1 rings (SSSR count). The van der Waals surface area contributed by atoms with E-state index in [2.05, 4.69) is 5.32 Å². The van der Waals surface area contributed by atoms with E-state index in [0.29, 0.717) is 99.0 Å². The summed E-state index contributed by atoms with van der Waals surface area (Å²) in [5, 5.41) is 11.0. The molecule has 0 aliphatic carbocycles. The molecule has 0 radical (unpaired) electrons. The van der Waals surface area contributed by atoms with Gasteiger partial charge < -0.3 is 53.1 Å². The normalized spacial score (nSPS) is 11.0. The van der Waals surface area contributed by atoms with E-state index in [-0.39, 0.29) is 19.8 Å². The van der Waals surface area contributed by atoms with Crippen LogP contribution in [0.4, 0.5) is 4.79 Å². The molecule has 1 aromatic carbocycles. The number of benzene rings is 1. The van der Waals surface area contributed by atoms with Gasteiger partial charge in [0.25, 0.3) is 0 Å². The van der Waals surface area contributed by atoms with Crippen molar-refractivity contribution in [2.45, 2.75) is 6.61 Å². The number of carboxylic acids is 1. The summed E-state index contributed by atoms with van der Waals surface area (Å²) in [5.41, 5.74) is 0.933. The molecule has 13 nitrogen and oxygen atoms in total. The lowest BCUT2D eigenvalue weighted by Gasteiger charge is -2.09. The van der Waals surface area contributed by atoms with Crippen molar-refractivity contribution in [2.24, 2.45) is 0 Å². The number of alkyl carbamates (subject to hydrolysis) is 1.